The third-order valence-corrected chi connectivity index (χ3v) is 3.53. The number of rotatable bonds is 0. The Morgan fingerprint density at radius 3 is 2.92 bits per heavy atom. The summed E-state index contributed by atoms with van der Waals surface area (Å²) in [5.41, 5.74) is 0. The van der Waals surface area contributed by atoms with Gasteiger partial charge in [-0.05, 0) is 18.9 Å². The minimum atomic E-state index is 0.172. The van der Waals surface area contributed by atoms with Crippen molar-refractivity contribution < 1.29 is 0 Å². The fourth-order valence-electron chi connectivity index (χ4n) is 2.10. The molecule has 0 bridgehead atoms. The molecule has 0 amide bonds. The molecule has 1 nitrogen and oxygen atoms in total. The molecule has 13 heavy (non-hydrogen) atoms. The van der Waals surface area contributed by atoms with Gasteiger partial charge in [-0.15, -0.1) is 11.6 Å². The molecule has 0 aromatic heterocycles. The van der Waals surface area contributed by atoms with Crippen LogP contribution in [0.25, 0.3) is 0 Å². The number of alkyl halides is 1. The van der Waals surface area contributed by atoms with Gasteiger partial charge in [0.2, 0.25) is 0 Å². The fraction of sp³-hybridized carbons (Fsp3) is 0.700. The SMILES string of the molecule is ClC1=N[C@H]2C(C=C1)CCCC[C@H]2Cl. The van der Waals surface area contributed by atoms with E-state index in [2.05, 4.69) is 11.1 Å². The molecule has 1 aliphatic heterocycles. The van der Waals surface area contributed by atoms with Gasteiger partial charge < -0.3 is 0 Å². The van der Waals surface area contributed by atoms with Crippen LogP contribution in [0.3, 0.4) is 0 Å². The molecule has 0 N–H and O–H groups in total. The molecule has 0 spiro atoms. The molecule has 3 heteroatoms. The maximum absolute atomic E-state index is 6.26. The Hall–Kier alpha value is -0.0100. The van der Waals surface area contributed by atoms with Crippen molar-refractivity contribution in [2.24, 2.45) is 10.9 Å². The van der Waals surface area contributed by atoms with Crippen LogP contribution in [0.5, 0.6) is 0 Å². The first kappa shape index (κ1) is 9.54. The highest BCUT2D eigenvalue weighted by molar-refractivity contribution is 6.68. The molecule has 2 aliphatic rings. The molecular weight excluding hydrogens is 205 g/mol. The van der Waals surface area contributed by atoms with Gasteiger partial charge in [-0.2, -0.15) is 0 Å². The molecule has 1 unspecified atom stereocenters. The predicted molar refractivity (Wildman–Crippen MR) is 57.8 cm³/mol. The van der Waals surface area contributed by atoms with Gasteiger partial charge in [-0.25, -0.2) is 0 Å². The summed E-state index contributed by atoms with van der Waals surface area (Å²) >= 11 is 12.1. The van der Waals surface area contributed by atoms with E-state index in [1.54, 1.807) is 0 Å². The second-order valence-electron chi connectivity index (χ2n) is 3.77. The van der Waals surface area contributed by atoms with Gasteiger partial charge >= 0.3 is 0 Å². The Bertz CT molecular complexity index is 247. The molecule has 0 aromatic rings. The Labute approximate surface area is 88.8 Å². The van der Waals surface area contributed by atoms with E-state index < -0.39 is 0 Å². The van der Waals surface area contributed by atoms with Crippen molar-refractivity contribution in [2.45, 2.75) is 37.1 Å². The molecule has 3 atom stereocenters. The summed E-state index contributed by atoms with van der Waals surface area (Å²) in [6, 6.07) is 0.224. The van der Waals surface area contributed by atoms with Crippen molar-refractivity contribution in [3.05, 3.63) is 12.2 Å². The van der Waals surface area contributed by atoms with Gasteiger partial charge in [-0.1, -0.05) is 30.5 Å². The summed E-state index contributed by atoms with van der Waals surface area (Å²) in [6.45, 7) is 0. The van der Waals surface area contributed by atoms with Gasteiger partial charge in [0.25, 0.3) is 0 Å². The maximum atomic E-state index is 6.26. The first-order valence-corrected chi connectivity index (χ1v) is 5.64. The minimum Gasteiger partial charge on any atom is -0.268 e. The molecule has 1 heterocycles. The monoisotopic (exact) mass is 217 g/mol. The summed E-state index contributed by atoms with van der Waals surface area (Å²) in [5, 5.41) is 0.778. The number of aliphatic imine (C=N–C) groups is 1. The Kier molecular flexibility index (Phi) is 2.95. The molecule has 1 saturated carbocycles. The summed E-state index contributed by atoms with van der Waals surface area (Å²) < 4.78 is 0. The van der Waals surface area contributed by atoms with E-state index in [-0.39, 0.29) is 11.4 Å². The summed E-state index contributed by atoms with van der Waals surface area (Å²) in [4.78, 5) is 4.41. The van der Waals surface area contributed by atoms with E-state index in [4.69, 9.17) is 23.2 Å². The van der Waals surface area contributed by atoms with E-state index >= 15 is 0 Å². The van der Waals surface area contributed by atoms with Crippen molar-refractivity contribution in [3.63, 3.8) is 0 Å². The summed E-state index contributed by atoms with van der Waals surface area (Å²) in [6.07, 6.45) is 8.84. The number of halogens is 2. The number of allylic oxidation sites excluding steroid dienone is 1. The maximum Gasteiger partial charge on any atom is 0.123 e. The van der Waals surface area contributed by atoms with Crippen molar-refractivity contribution in [1.29, 1.82) is 0 Å². The molecule has 2 rings (SSSR count). The van der Waals surface area contributed by atoms with Crippen LogP contribution >= 0.6 is 23.2 Å². The Morgan fingerprint density at radius 2 is 2.08 bits per heavy atom. The van der Waals surface area contributed by atoms with Crippen molar-refractivity contribution in [1.82, 2.24) is 0 Å². The molecule has 0 radical (unpaired) electrons. The highest BCUT2D eigenvalue weighted by Crippen LogP contribution is 2.32. The smallest absolute Gasteiger partial charge is 0.123 e. The van der Waals surface area contributed by atoms with Crippen LogP contribution < -0.4 is 0 Å². The van der Waals surface area contributed by atoms with E-state index in [1.807, 2.05) is 6.08 Å². The molecule has 72 valence electrons. The predicted octanol–water partition coefficient (Wildman–Crippen LogP) is 3.36. The van der Waals surface area contributed by atoms with Crippen molar-refractivity contribution in [3.8, 4) is 0 Å². The number of nitrogens with zero attached hydrogens (tertiary/aromatic N) is 1. The van der Waals surface area contributed by atoms with E-state index in [1.165, 1.54) is 19.3 Å². The normalized spacial score (nSPS) is 39.2. The van der Waals surface area contributed by atoms with Gasteiger partial charge in [0, 0.05) is 5.92 Å². The quantitative estimate of drug-likeness (QED) is 0.553. The van der Waals surface area contributed by atoms with Gasteiger partial charge in [-0.3, -0.25) is 4.99 Å². The van der Waals surface area contributed by atoms with Crippen LogP contribution in [-0.4, -0.2) is 16.6 Å². The van der Waals surface area contributed by atoms with Gasteiger partial charge in [0.15, 0.2) is 0 Å². The topological polar surface area (TPSA) is 12.4 Å². The second kappa shape index (κ2) is 4.02. The number of hydrogen-bond donors (Lipinski definition) is 0. The molecule has 1 fully saturated rings. The van der Waals surface area contributed by atoms with Crippen LogP contribution in [0.1, 0.15) is 25.7 Å². The number of dihydropyridines is 1. The average molecular weight is 218 g/mol. The summed E-state index contributed by atoms with van der Waals surface area (Å²) in [5.74, 6) is 0.521. The van der Waals surface area contributed by atoms with E-state index in [9.17, 15) is 0 Å². The lowest BCUT2D eigenvalue weighted by Crippen LogP contribution is -2.28. The molecule has 0 aromatic carbocycles. The van der Waals surface area contributed by atoms with Crippen molar-refractivity contribution >= 4 is 28.4 Å². The highest BCUT2D eigenvalue weighted by Gasteiger charge is 2.30. The summed E-state index contributed by atoms with van der Waals surface area (Å²) in [7, 11) is 0. The Balaban J connectivity index is 2.18. The van der Waals surface area contributed by atoms with Crippen LogP contribution in [0.15, 0.2) is 17.1 Å². The van der Waals surface area contributed by atoms with Crippen LogP contribution in [0.4, 0.5) is 0 Å². The highest BCUT2D eigenvalue weighted by atomic mass is 35.5. The zero-order chi connectivity index (χ0) is 9.26. The zero-order valence-corrected chi connectivity index (χ0v) is 8.93. The van der Waals surface area contributed by atoms with E-state index in [0.29, 0.717) is 11.1 Å². The average Bonchev–Trinajstić information content (AvgIpc) is 2.29. The minimum absolute atomic E-state index is 0.172. The lowest BCUT2D eigenvalue weighted by molar-refractivity contribution is 0.479. The van der Waals surface area contributed by atoms with Gasteiger partial charge in [0.1, 0.15) is 5.17 Å². The standard InChI is InChI=1S/C10H13Cl2N/c11-8-4-2-1-3-7-5-6-9(12)13-10(7)8/h5-8,10H,1-4H2/t7?,8-,10+/m1/s1. The lowest BCUT2D eigenvalue weighted by atomic mass is 9.93. The fourth-order valence-corrected chi connectivity index (χ4v) is 2.69. The molecular formula is C10H13Cl2N. The third-order valence-electron chi connectivity index (χ3n) is 2.83. The van der Waals surface area contributed by atoms with Gasteiger partial charge in [0.05, 0.1) is 11.4 Å². The Morgan fingerprint density at radius 1 is 1.31 bits per heavy atom. The van der Waals surface area contributed by atoms with E-state index in [0.717, 1.165) is 6.42 Å². The van der Waals surface area contributed by atoms with Crippen LogP contribution in [0, 0.1) is 5.92 Å². The van der Waals surface area contributed by atoms with Crippen molar-refractivity contribution in [2.75, 3.05) is 0 Å². The lowest BCUT2D eigenvalue weighted by Gasteiger charge is -2.24. The second-order valence-corrected chi connectivity index (χ2v) is 4.71. The third kappa shape index (κ3) is 2.08. The first-order valence-electron chi connectivity index (χ1n) is 4.83. The molecule has 1 aliphatic carbocycles. The largest absolute Gasteiger partial charge is 0.268 e. The number of hydrogen-bond acceptors (Lipinski definition) is 1. The van der Waals surface area contributed by atoms with Crippen LogP contribution in [-0.2, 0) is 0 Å². The molecule has 0 saturated heterocycles. The first-order chi connectivity index (χ1) is 6.27. The van der Waals surface area contributed by atoms with Crippen LogP contribution in [0.2, 0.25) is 0 Å². The zero-order valence-electron chi connectivity index (χ0n) is 7.42. The number of fused-ring (bicyclic) bond motifs is 1.